The molecule has 0 amide bonds. The van der Waals surface area contributed by atoms with Crippen molar-refractivity contribution >= 4 is 31.6 Å². The van der Waals surface area contributed by atoms with Gasteiger partial charge in [0.25, 0.3) is 0 Å². The number of halogens is 4. The molecular weight excluding hydrogens is 329 g/mol. The Balaban J connectivity index is 3.40. The van der Waals surface area contributed by atoms with Crippen LogP contribution in [0.5, 0.6) is 5.75 Å². The van der Waals surface area contributed by atoms with Crippen LogP contribution in [0.4, 0.5) is 18.9 Å². The summed E-state index contributed by atoms with van der Waals surface area (Å²) in [6, 6.07) is 1.92. The zero-order valence-corrected chi connectivity index (χ0v) is 10.4. The standard InChI is InChI=1S/C7H6BrF3N2O3S/c8-3-1-2-4(16-7(9,10)11)5(12)6(3)17(13,14)15/h1-2H,12H2,(H2,13,14,15). The third-order valence-corrected chi connectivity index (χ3v) is 3.55. The average Bonchev–Trinajstić information content (AvgIpc) is 2.06. The van der Waals surface area contributed by atoms with E-state index >= 15 is 0 Å². The molecule has 10 heteroatoms. The van der Waals surface area contributed by atoms with Crippen LogP contribution in [-0.4, -0.2) is 14.8 Å². The molecule has 1 aromatic carbocycles. The summed E-state index contributed by atoms with van der Waals surface area (Å²) < 4.78 is 61.7. The molecule has 0 bridgehead atoms. The minimum Gasteiger partial charge on any atom is -0.404 e. The van der Waals surface area contributed by atoms with E-state index in [-0.39, 0.29) is 4.47 Å². The fourth-order valence-electron chi connectivity index (χ4n) is 1.06. The van der Waals surface area contributed by atoms with Crippen LogP contribution in [0.3, 0.4) is 0 Å². The maximum absolute atomic E-state index is 12.0. The average molecular weight is 335 g/mol. The molecule has 0 saturated heterocycles. The maximum Gasteiger partial charge on any atom is 0.573 e. The third-order valence-electron chi connectivity index (χ3n) is 1.62. The number of hydrogen-bond acceptors (Lipinski definition) is 4. The molecule has 0 unspecified atom stereocenters. The summed E-state index contributed by atoms with van der Waals surface area (Å²) >= 11 is 2.82. The van der Waals surface area contributed by atoms with Crippen LogP contribution in [0, 0.1) is 0 Å². The van der Waals surface area contributed by atoms with Crippen molar-refractivity contribution in [2.24, 2.45) is 5.14 Å². The van der Waals surface area contributed by atoms with Gasteiger partial charge in [-0.25, -0.2) is 13.6 Å². The van der Waals surface area contributed by atoms with Crippen molar-refractivity contribution in [2.45, 2.75) is 11.3 Å². The molecule has 0 spiro atoms. The lowest BCUT2D eigenvalue weighted by molar-refractivity contribution is -0.274. The molecule has 0 fully saturated rings. The summed E-state index contributed by atoms with van der Waals surface area (Å²) in [6.45, 7) is 0. The van der Waals surface area contributed by atoms with Crippen LogP contribution in [0.15, 0.2) is 21.5 Å². The van der Waals surface area contributed by atoms with Gasteiger partial charge in [-0.1, -0.05) is 0 Å². The fourth-order valence-corrected chi connectivity index (χ4v) is 2.83. The Morgan fingerprint density at radius 1 is 1.29 bits per heavy atom. The Bertz CT molecular complexity index is 544. The second-order valence-corrected chi connectivity index (χ2v) is 5.23. The highest BCUT2D eigenvalue weighted by molar-refractivity contribution is 9.10. The minimum atomic E-state index is -4.97. The van der Waals surface area contributed by atoms with Crippen molar-refractivity contribution < 1.29 is 26.3 Å². The summed E-state index contributed by atoms with van der Waals surface area (Å²) in [4.78, 5) is -0.653. The summed E-state index contributed by atoms with van der Waals surface area (Å²) in [5.74, 6) is -0.829. The number of hydrogen-bond donors (Lipinski definition) is 2. The Hall–Kier alpha value is -1.000. The van der Waals surface area contributed by atoms with Gasteiger partial charge in [-0.2, -0.15) is 0 Å². The van der Waals surface area contributed by atoms with E-state index in [0.29, 0.717) is 0 Å². The van der Waals surface area contributed by atoms with E-state index < -0.39 is 32.7 Å². The van der Waals surface area contributed by atoms with Gasteiger partial charge in [0, 0.05) is 4.47 Å². The topological polar surface area (TPSA) is 95.4 Å². The summed E-state index contributed by atoms with van der Waals surface area (Å²) in [7, 11) is -4.26. The van der Waals surface area contributed by atoms with Crippen molar-refractivity contribution in [3.05, 3.63) is 16.6 Å². The quantitative estimate of drug-likeness (QED) is 0.802. The van der Waals surface area contributed by atoms with E-state index in [0.717, 1.165) is 12.1 Å². The number of anilines is 1. The van der Waals surface area contributed by atoms with Gasteiger partial charge in [0.05, 0.1) is 5.69 Å². The number of benzene rings is 1. The fraction of sp³-hybridized carbons (Fsp3) is 0.143. The SMILES string of the molecule is Nc1c(OC(F)(F)F)ccc(Br)c1S(N)(=O)=O. The number of alkyl halides is 3. The number of ether oxygens (including phenoxy) is 1. The third kappa shape index (κ3) is 3.48. The van der Waals surface area contributed by atoms with E-state index in [1.54, 1.807) is 0 Å². The molecule has 0 aliphatic rings. The molecule has 96 valence electrons. The van der Waals surface area contributed by atoms with Crippen LogP contribution >= 0.6 is 15.9 Å². The minimum absolute atomic E-state index is 0.0491. The molecule has 0 saturated carbocycles. The molecule has 0 radical (unpaired) electrons. The molecule has 0 heterocycles. The van der Waals surface area contributed by atoms with Gasteiger partial charge in [-0.05, 0) is 28.1 Å². The second-order valence-electron chi connectivity index (χ2n) is 2.88. The van der Waals surface area contributed by atoms with Crippen LogP contribution < -0.4 is 15.6 Å². The van der Waals surface area contributed by atoms with Gasteiger partial charge in [0.15, 0.2) is 5.75 Å². The molecule has 4 N–H and O–H groups in total. The Kier molecular flexibility index (Phi) is 3.60. The van der Waals surface area contributed by atoms with Gasteiger partial charge < -0.3 is 10.5 Å². The molecule has 5 nitrogen and oxygen atoms in total. The predicted molar refractivity (Wildman–Crippen MR) is 56.6 cm³/mol. The Morgan fingerprint density at radius 2 is 1.82 bits per heavy atom. The normalized spacial score (nSPS) is 12.5. The zero-order chi connectivity index (χ0) is 13.4. The summed E-state index contributed by atoms with van der Waals surface area (Å²) in [6.07, 6.45) is -4.97. The van der Waals surface area contributed by atoms with E-state index in [1.807, 2.05) is 0 Å². The zero-order valence-electron chi connectivity index (χ0n) is 7.95. The van der Waals surface area contributed by atoms with E-state index in [2.05, 4.69) is 20.7 Å². The van der Waals surface area contributed by atoms with Crippen LogP contribution in [0.1, 0.15) is 0 Å². The van der Waals surface area contributed by atoms with Gasteiger partial charge in [-0.3, -0.25) is 0 Å². The van der Waals surface area contributed by atoms with E-state index in [4.69, 9.17) is 10.9 Å². The monoisotopic (exact) mass is 334 g/mol. The van der Waals surface area contributed by atoms with Crippen LogP contribution in [0.2, 0.25) is 0 Å². The van der Waals surface area contributed by atoms with Gasteiger partial charge in [-0.15, -0.1) is 13.2 Å². The van der Waals surface area contributed by atoms with Gasteiger partial charge in [0.2, 0.25) is 10.0 Å². The molecule has 0 aliphatic carbocycles. The van der Waals surface area contributed by atoms with E-state index in [9.17, 15) is 21.6 Å². The first-order valence-electron chi connectivity index (χ1n) is 3.89. The Labute approximate surface area is 103 Å². The highest BCUT2D eigenvalue weighted by Crippen LogP contribution is 2.36. The first-order chi connectivity index (χ1) is 7.52. The first kappa shape index (κ1) is 14.1. The lowest BCUT2D eigenvalue weighted by Gasteiger charge is -2.13. The molecule has 0 aliphatic heterocycles. The number of sulfonamides is 1. The Morgan fingerprint density at radius 3 is 2.24 bits per heavy atom. The lowest BCUT2D eigenvalue weighted by atomic mass is 10.3. The summed E-state index contributed by atoms with van der Waals surface area (Å²) in [5, 5.41) is 4.82. The summed E-state index contributed by atoms with van der Waals surface area (Å²) in [5.41, 5.74) is 4.55. The molecule has 0 aromatic heterocycles. The lowest BCUT2D eigenvalue weighted by Crippen LogP contribution is -2.20. The van der Waals surface area contributed by atoms with E-state index in [1.165, 1.54) is 0 Å². The highest BCUT2D eigenvalue weighted by atomic mass is 79.9. The molecule has 1 aromatic rings. The number of primary sulfonamides is 1. The molecule has 1 rings (SSSR count). The largest absolute Gasteiger partial charge is 0.573 e. The number of nitrogens with two attached hydrogens (primary N) is 2. The van der Waals surface area contributed by atoms with Gasteiger partial charge in [0.1, 0.15) is 4.90 Å². The molecular formula is C7H6BrF3N2O3S. The molecule has 0 atom stereocenters. The van der Waals surface area contributed by atoms with Crippen molar-refractivity contribution in [1.82, 2.24) is 0 Å². The second kappa shape index (κ2) is 4.35. The van der Waals surface area contributed by atoms with Crippen molar-refractivity contribution in [3.8, 4) is 5.75 Å². The van der Waals surface area contributed by atoms with Crippen molar-refractivity contribution in [1.29, 1.82) is 0 Å². The van der Waals surface area contributed by atoms with Crippen LogP contribution in [-0.2, 0) is 10.0 Å². The van der Waals surface area contributed by atoms with Crippen molar-refractivity contribution in [2.75, 3.05) is 5.73 Å². The predicted octanol–water partition coefficient (Wildman–Crippen LogP) is 1.58. The number of rotatable bonds is 2. The van der Waals surface area contributed by atoms with Gasteiger partial charge >= 0.3 is 6.36 Å². The molecule has 17 heavy (non-hydrogen) atoms. The maximum atomic E-state index is 12.0. The number of nitrogen functional groups attached to an aromatic ring is 1. The smallest absolute Gasteiger partial charge is 0.404 e. The van der Waals surface area contributed by atoms with Crippen molar-refractivity contribution in [3.63, 3.8) is 0 Å². The van der Waals surface area contributed by atoms with Crippen LogP contribution in [0.25, 0.3) is 0 Å². The highest BCUT2D eigenvalue weighted by Gasteiger charge is 2.33. The first-order valence-corrected chi connectivity index (χ1v) is 6.23.